The molecule has 0 aliphatic heterocycles. The average Bonchev–Trinajstić information content (AvgIpc) is 2.19. The molecule has 0 radical (unpaired) electrons. The van der Waals surface area contributed by atoms with E-state index >= 15 is 0 Å². The van der Waals surface area contributed by atoms with Gasteiger partial charge < -0.3 is 4.74 Å². The number of Topliss-reactive ketones (excluding diaryl/α,β-unsaturated/α-hetero) is 1. The Morgan fingerprint density at radius 3 is 2.79 bits per heavy atom. The molecular formula is C11H11BrO2. The molecule has 0 saturated heterocycles. The zero-order valence-electron chi connectivity index (χ0n) is 7.92. The van der Waals surface area contributed by atoms with Crippen LogP contribution in [-0.2, 0) is 4.79 Å². The standard InChI is InChI=1S/C11H11BrO2/c1-14-7-2-4-10(12)9(6-7)8-3-5-11(8)13/h2,4,6,8H,3,5H2,1H3. The lowest BCUT2D eigenvalue weighted by molar-refractivity contribution is -0.125. The number of hydrogen-bond acceptors (Lipinski definition) is 2. The van der Waals surface area contributed by atoms with Crippen molar-refractivity contribution in [2.24, 2.45) is 0 Å². The molecule has 0 aromatic heterocycles. The van der Waals surface area contributed by atoms with Crippen LogP contribution in [0, 0.1) is 0 Å². The second-order valence-corrected chi connectivity index (χ2v) is 4.30. The van der Waals surface area contributed by atoms with E-state index in [1.807, 2.05) is 18.2 Å². The van der Waals surface area contributed by atoms with Crippen LogP contribution in [-0.4, -0.2) is 12.9 Å². The molecule has 74 valence electrons. The SMILES string of the molecule is COc1ccc(Br)c(C2CCC2=O)c1. The Morgan fingerprint density at radius 2 is 2.29 bits per heavy atom. The lowest BCUT2D eigenvalue weighted by atomic mass is 9.78. The van der Waals surface area contributed by atoms with Crippen LogP contribution in [0.2, 0.25) is 0 Å². The highest BCUT2D eigenvalue weighted by Gasteiger charge is 2.31. The Bertz CT molecular complexity index is 374. The molecule has 1 atom stereocenters. The monoisotopic (exact) mass is 254 g/mol. The van der Waals surface area contributed by atoms with Crippen LogP contribution in [0.1, 0.15) is 24.3 Å². The fourth-order valence-electron chi connectivity index (χ4n) is 1.65. The van der Waals surface area contributed by atoms with E-state index in [1.54, 1.807) is 7.11 Å². The minimum absolute atomic E-state index is 0.0828. The number of methoxy groups -OCH3 is 1. The van der Waals surface area contributed by atoms with Gasteiger partial charge in [-0.1, -0.05) is 15.9 Å². The predicted octanol–water partition coefficient (Wildman–Crippen LogP) is 2.90. The molecule has 1 saturated carbocycles. The maximum Gasteiger partial charge on any atom is 0.140 e. The van der Waals surface area contributed by atoms with Gasteiger partial charge in [-0.05, 0) is 30.2 Å². The summed E-state index contributed by atoms with van der Waals surface area (Å²) in [7, 11) is 1.63. The van der Waals surface area contributed by atoms with E-state index in [4.69, 9.17) is 4.74 Å². The van der Waals surface area contributed by atoms with E-state index in [-0.39, 0.29) is 5.92 Å². The van der Waals surface area contributed by atoms with Crippen molar-refractivity contribution in [3.63, 3.8) is 0 Å². The average molecular weight is 255 g/mol. The number of benzene rings is 1. The molecule has 1 aromatic rings. The molecule has 1 aliphatic carbocycles. The van der Waals surface area contributed by atoms with Crippen molar-refractivity contribution >= 4 is 21.7 Å². The highest BCUT2D eigenvalue weighted by Crippen LogP contribution is 2.38. The topological polar surface area (TPSA) is 26.3 Å². The van der Waals surface area contributed by atoms with Gasteiger partial charge in [-0.25, -0.2) is 0 Å². The third-order valence-electron chi connectivity index (χ3n) is 2.65. The van der Waals surface area contributed by atoms with Gasteiger partial charge >= 0.3 is 0 Å². The smallest absolute Gasteiger partial charge is 0.140 e. The number of hydrogen-bond donors (Lipinski definition) is 0. The summed E-state index contributed by atoms with van der Waals surface area (Å²) < 4.78 is 6.13. The Balaban J connectivity index is 2.35. The van der Waals surface area contributed by atoms with E-state index < -0.39 is 0 Å². The van der Waals surface area contributed by atoms with E-state index in [0.29, 0.717) is 12.2 Å². The van der Waals surface area contributed by atoms with Crippen LogP contribution >= 0.6 is 15.9 Å². The highest BCUT2D eigenvalue weighted by atomic mass is 79.9. The van der Waals surface area contributed by atoms with Crippen LogP contribution in [0.4, 0.5) is 0 Å². The third kappa shape index (κ3) is 1.57. The van der Waals surface area contributed by atoms with Gasteiger partial charge in [0.1, 0.15) is 11.5 Å². The van der Waals surface area contributed by atoms with Gasteiger partial charge in [-0.2, -0.15) is 0 Å². The molecular weight excluding hydrogens is 244 g/mol. The maximum absolute atomic E-state index is 11.3. The fourth-order valence-corrected chi connectivity index (χ4v) is 2.17. The van der Waals surface area contributed by atoms with Crippen molar-refractivity contribution < 1.29 is 9.53 Å². The van der Waals surface area contributed by atoms with Crippen molar-refractivity contribution in [1.82, 2.24) is 0 Å². The molecule has 0 amide bonds. The number of ketones is 1. The molecule has 1 unspecified atom stereocenters. The highest BCUT2D eigenvalue weighted by molar-refractivity contribution is 9.10. The lowest BCUT2D eigenvalue weighted by Gasteiger charge is -2.25. The first-order chi connectivity index (χ1) is 6.72. The molecule has 0 N–H and O–H groups in total. The summed E-state index contributed by atoms with van der Waals surface area (Å²) in [6, 6.07) is 5.75. The molecule has 2 nitrogen and oxygen atoms in total. The van der Waals surface area contributed by atoms with Gasteiger partial charge in [0.15, 0.2) is 0 Å². The second kappa shape index (κ2) is 3.73. The zero-order chi connectivity index (χ0) is 10.1. The normalized spacial score (nSPS) is 20.4. The van der Waals surface area contributed by atoms with Crippen LogP contribution in [0.3, 0.4) is 0 Å². The fraction of sp³-hybridized carbons (Fsp3) is 0.364. The van der Waals surface area contributed by atoms with Crippen molar-refractivity contribution in [3.05, 3.63) is 28.2 Å². The summed E-state index contributed by atoms with van der Waals surface area (Å²) in [4.78, 5) is 11.3. The quantitative estimate of drug-likeness (QED) is 0.812. The van der Waals surface area contributed by atoms with Gasteiger partial charge in [-0.3, -0.25) is 4.79 Å². The summed E-state index contributed by atoms with van der Waals surface area (Å²) in [6.07, 6.45) is 1.68. The molecule has 3 heteroatoms. The second-order valence-electron chi connectivity index (χ2n) is 3.45. The van der Waals surface area contributed by atoms with E-state index in [2.05, 4.69) is 15.9 Å². The molecule has 0 heterocycles. The third-order valence-corrected chi connectivity index (χ3v) is 3.37. The summed E-state index contributed by atoms with van der Waals surface area (Å²) in [5, 5.41) is 0. The molecule has 2 rings (SSSR count). The zero-order valence-corrected chi connectivity index (χ0v) is 9.50. The first-order valence-electron chi connectivity index (χ1n) is 4.58. The largest absolute Gasteiger partial charge is 0.497 e. The minimum Gasteiger partial charge on any atom is -0.497 e. The predicted molar refractivity (Wildman–Crippen MR) is 57.7 cm³/mol. The van der Waals surface area contributed by atoms with Crippen LogP contribution in [0.15, 0.2) is 22.7 Å². The first-order valence-corrected chi connectivity index (χ1v) is 5.38. The van der Waals surface area contributed by atoms with Crippen molar-refractivity contribution in [2.45, 2.75) is 18.8 Å². The summed E-state index contributed by atoms with van der Waals surface area (Å²) in [6.45, 7) is 0. The summed E-state index contributed by atoms with van der Waals surface area (Å²) in [5.74, 6) is 1.22. The van der Waals surface area contributed by atoms with Gasteiger partial charge in [0.2, 0.25) is 0 Å². The van der Waals surface area contributed by atoms with E-state index in [0.717, 1.165) is 22.2 Å². The summed E-state index contributed by atoms with van der Waals surface area (Å²) >= 11 is 3.45. The van der Waals surface area contributed by atoms with Gasteiger partial charge in [0.25, 0.3) is 0 Å². The van der Waals surface area contributed by atoms with Crippen LogP contribution in [0.25, 0.3) is 0 Å². The molecule has 1 aromatic carbocycles. The molecule has 14 heavy (non-hydrogen) atoms. The number of ether oxygens (including phenoxy) is 1. The van der Waals surface area contributed by atoms with Crippen molar-refractivity contribution in [2.75, 3.05) is 7.11 Å². The van der Waals surface area contributed by atoms with Crippen LogP contribution < -0.4 is 4.74 Å². The van der Waals surface area contributed by atoms with Gasteiger partial charge in [0.05, 0.1) is 7.11 Å². The van der Waals surface area contributed by atoms with Crippen molar-refractivity contribution in [3.8, 4) is 5.75 Å². The Kier molecular flexibility index (Phi) is 2.59. The van der Waals surface area contributed by atoms with Gasteiger partial charge in [0, 0.05) is 16.8 Å². The molecule has 0 spiro atoms. The molecule has 0 bridgehead atoms. The number of carbonyl (C=O) groups excluding carboxylic acids is 1. The number of carbonyl (C=O) groups is 1. The van der Waals surface area contributed by atoms with E-state index in [9.17, 15) is 4.79 Å². The molecule has 1 fully saturated rings. The number of rotatable bonds is 2. The first kappa shape index (κ1) is 9.71. The van der Waals surface area contributed by atoms with Crippen LogP contribution in [0.5, 0.6) is 5.75 Å². The molecule has 1 aliphatic rings. The minimum atomic E-state index is 0.0828. The Labute approximate surface area is 91.4 Å². The summed E-state index contributed by atoms with van der Waals surface area (Å²) in [5.41, 5.74) is 1.06. The van der Waals surface area contributed by atoms with Gasteiger partial charge in [-0.15, -0.1) is 0 Å². The Hall–Kier alpha value is -0.830. The number of halogens is 1. The van der Waals surface area contributed by atoms with Crippen molar-refractivity contribution in [1.29, 1.82) is 0 Å². The lowest BCUT2D eigenvalue weighted by Crippen LogP contribution is -2.23. The maximum atomic E-state index is 11.3. The van der Waals surface area contributed by atoms with E-state index in [1.165, 1.54) is 0 Å². The Morgan fingerprint density at radius 1 is 1.50 bits per heavy atom.